The Bertz CT molecular complexity index is 1290. The van der Waals surface area contributed by atoms with Crippen molar-refractivity contribution in [1.29, 1.82) is 0 Å². The Labute approximate surface area is 201 Å². The zero-order chi connectivity index (χ0) is 23.3. The minimum absolute atomic E-state index is 0.983. The summed E-state index contributed by atoms with van der Waals surface area (Å²) in [6.45, 7) is 4.50. The monoisotopic (exact) mass is 450 g/mol. The van der Waals surface area contributed by atoms with Crippen molar-refractivity contribution in [2.75, 3.05) is 0 Å². The first kappa shape index (κ1) is 22.4. The second-order valence-corrected chi connectivity index (χ2v) is 9.33. The molecule has 2 aliphatic rings. The van der Waals surface area contributed by atoms with Crippen LogP contribution in [-0.2, 0) is 12.8 Å². The van der Waals surface area contributed by atoms with Crippen molar-refractivity contribution < 1.29 is 0 Å². The Hall–Kier alpha value is -3.40. The average molecular weight is 451 g/mol. The van der Waals surface area contributed by atoms with Crippen LogP contribution < -0.4 is 0 Å². The van der Waals surface area contributed by atoms with Gasteiger partial charge in [0.05, 0.1) is 22.8 Å². The van der Waals surface area contributed by atoms with E-state index in [1.54, 1.807) is 0 Å². The minimum atomic E-state index is 0.983. The van der Waals surface area contributed by atoms with Crippen molar-refractivity contribution in [2.24, 2.45) is 0 Å². The molecule has 0 aliphatic carbocycles. The third-order valence-corrected chi connectivity index (χ3v) is 6.68. The lowest BCUT2D eigenvalue weighted by atomic mass is 10.0. The number of nitrogens with one attached hydrogen (secondary N) is 2. The number of aromatic amines is 2. The fraction of sp³-hybridized carbons (Fsp3) is 0.333. The molecule has 3 aromatic heterocycles. The molecule has 2 aliphatic heterocycles. The molecule has 8 bridgehead atoms. The fourth-order valence-corrected chi connectivity index (χ4v) is 4.82. The van der Waals surface area contributed by atoms with Crippen LogP contribution in [0.15, 0.2) is 36.4 Å². The predicted molar refractivity (Wildman–Crippen MR) is 145 cm³/mol. The molecule has 4 nitrogen and oxygen atoms in total. The van der Waals surface area contributed by atoms with Crippen molar-refractivity contribution in [2.45, 2.75) is 65.2 Å². The van der Waals surface area contributed by atoms with Crippen LogP contribution in [0.25, 0.3) is 46.4 Å². The number of aromatic nitrogens is 4. The van der Waals surface area contributed by atoms with Gasteiger partial charge in [-0.1, -0.05) is 39.5 Å². The van der Waals surface area contributed by atoms with Gasteiger partial charge in [-0.05, 0) is 91.9 Å². The Balaban J connectivity index is 1.73. The Kier molecular flexibility index (Phi) is 6.75. The number of nitrogens with zero attached hydrogens (tertiary/aromatic N) is 2. The van der Waals surface area contributed by atoms with E-state index in [-0.39, 0.29) is 0 Å². The third kappa shape index (κ3) is 4.91. The highest BCUT2D eigenvalue weighted by atomic mass is 14.8. The molecule has 0 amide bonds. The van der Waals surface area contributed by atoms with Gasteiger partial charge >= 0.3 is 0 Å². The topological polar surface area (TPSA) is 57.4 Å². The number of unbranched alkanes of at least 4 members (excludes halogenated alkanes) is 4. The number of aryl methyl sites for hydroxylation is 1. The SMILES string of the molecule is CCCCCc1c2nc(cc3ccc([nH]3)c(CCCCC)c3ccc(cc4nc1C=C4)[nH]3)C=C2. The van der Waals surface area contributed by atoms with E-state index in [0.717, 1.165) is 53.1 Å². The summed E-state index contributed by atoms with van der Waals surface area (Å²) in [6.07, 6.45) is 17.8. The Morgan fingerprint density at radius 2 is 1.09 bits per heavy atom. The molecule has 0 saturated heterocycles. The lowest BCUT2D eigenvalue weighted by Gasteiger charge is -2.03. The van der Waals surface area contributed by atoms with Crippen LogP contribution >= 0.6 is 0 Å². The molecule has 2 N–H and O–H groups in total. The van der Waals surface area contributed by atoms with Crippen LogP contribution in [0.3, 0.4) is 0 Å². The van der Waals surface area contributed by atoms with Gasteiger partial charge in [-0.15, -0.1) is 0 Å². The molecule has 0 unspecified atom stereocenters. The van der Waals surface area contributed by atoms with Gasteiger partial charge in [0.15, 0.2) is 0 Å². The molecule has 0 aromatic carbocycles. The van der Waals surface area contributed by atoms with Crippen molar-refractivity contribution in [3.05, 3.63) is 70.3 Å². The molecular weight excluding hydrogens is 416 g/mol. The first-order valence-electron chi connectivity index (χ1n) is 12.8. The van der Waals surface area contributed by atoms with Gasteiger partial charge in [0.25, 0.3) is 0 Å². The maximum Gasteiger partial charge on any atom is 0.0691 e. The summed E-state index contributed by atoms with van der Waals surface area (Å²) in [5.74, 6) is 0. The van der Waals surface area contributed by atoms with Gasteiger partial charge in [0, 0.05) is 27.6 Å². The van der Waals surface area contributed by atoms with Crippen molar-refractivity contribution in [3.8, 4) is 0 Å². The lowest BCUT2D eigenvalue weighted by Crippen LogP contribution is -1.94. The summed E-state index contributed by atoms with van der Waals surface area (Å²) in [4.78, 5) is 17.2. The van der Waals surface area contributed by atoms with Crippen molar-refractivity contribution in [3.63, 3.8) is 0 Å². The molecule has 0 radical (unpaired) electrons. The van der Waals surface area contributed by atoms with Gasteiger partial charge in [-0.2, -0.15) is 0 Å². The van der Waals surface area contributed by atoms with Crippen LogP contribution in [0.1, 0.15) is 86.3 Å². The minimum Gasteiger partial charge on any atom is -0.355 e. The number of fused-ring (bicyclic) bond motifs is 8. The summed E-state index contributed by atoms with van der Waals surface area (Å²) in [5, 5.41) is 0. The summed E-state index contributed by atoms with van der Waals surface area (Å²) in [7, 11) is 0. The van der Waals surface area contributed by atoms with E-state index in [4.69, 9.17) is 9.97 Å². The highest BCUT2D eigenvalue weighted by Crippen LogP contribution is 2.25. The van der Waals surface area contributed by atoms with Gasteiger partial charge in [-0.3, -0.25) is 0 Å². The third-order valence-electron chi connectivity index (χ3n) is 6.68. The first-order chi connectivity index (χ1) is 16.7. The lowest BCUT2D eigenvalue weighted by molar-refractivity contribution is 0.714. The van der Waals surface area contributed by atoms with Gasteiger partial charge in [0.1, 0.15) is 0 Å². The van der Waals surface area contributed by atoms with E-state index in [1.165, 1.54) is 54.3 Å². The normalized spacial score (nSPS) is 12.5. The molecular formula is C30H34N4. The van der Waals surface area contributed by atoms with Gasteiger partial charge in [0.2, 0.25) is 0 Å². The second kappa shape index (κ2) is 10.3. The molecule has 4 heteroatoms. The van der Waals surface area contributed by atoms with Gasteiger partial charge in [-0.25, -0.2) is 9.97 Å². The maximum absolute atomic E-state index is 4.98. The fourth-order valence-electron chi connectivity index (χ4n) is 4.82. The number of hydrogen-bond donors (Lipinski definition) is 2. The van der Waals surface area contributed by atoms with E-state index in [1.807, 2.05) is 0 Å². The predicted octanol–water partition coefficient (Wildman–Crippen LogP) is 8.12. The molecule has 5 rings (SSSR count). The molecule has 174 valence electrons. The summed E-state index contributed by atoms with van der Waals surface area (Å²) in [5.41, 5.74) is 11.1. The van der Waals surface area contributed by atoms with Crippen LogP contribution in [0.5, 0.6) is 0 Å². The Morgan fingerprint density at radius 1 is 0.588 bits per heavy atom. The smallest absolute Gasteiger partial charge is 0.0691 e. The van der Waals surface area contributed by atoms with Crippen LogP contribution in [0.2, 0.25) is 0 Å². The second-order valence-electron chi connectivity index (χ2n) is 9.33. The van der Waals surface area contributed by atoms with Crippen LogP contribution in [0, 0.1) is 0 Å². The molecule has 34 heavy (non-hydrogen) atoms. The van der Waals surface area contributed by atoms with Gasteiger partial charge < -0.3 is 9.97 Å². The molecule has 0 atom stereocenters. The van der Waals surface area contributed by atoms with E-state index >= 15 is 0 Å². The quantitative estimate of drug-likeness (QED) is 0.234. The number of rotatable bonds is 8. The van der Waals surface area contributed by atoms with E-state index in [2.05, 4.69) is 84.5 Å². The van der Waals surface area contributed by atoms with E-state index in [9.17, 15) is 0 Å². The highest BCUT2D eigenvalue weighted by Gasteiger charge is 2.12. The Morgan fingerprint density at radius 3 is 1.59 bits per heavy atom. The maximum atomic E-state index is 4.98. The van der Waals surface area contributed by atoms with Crippen LogP contribution in [0.4, 0.5) is 0 Å². The van der Waals surface area contributed by atoms with Crippen molar-refractivity contribution in [1.82, 2.24) is 19.9 Å². The molecule has 0 saturated carbocycles. The summed E-state index contributed by atoms with van der Waals surface area (Å²) >= 11 is 0. The highest BCUT2D eigenvalue weighted by molar-refractivity contribution is 5.80. The molecule has 0 fully saturated rings. The first-order valence-corrected chi connectivity index (χ1v) is 12.8. The molecule has 5 heterocycles. The zero-order valence-corrected chi connectivity index (χ0v) is 20.3. The molecule has 0 spiro atoms. The summed E-state index contributed by atoms with van der Waals surface area (Å²) < 4.78 is 0. The average Bonchev–Trinajstić information content (AvgIpc) is 3.63. The van der Waals surface area contributed by atoms with Crippen LogP contribution in [-0.4, -0.2) is 19.9 Å². The van der Waals surface area contributed by atoms with E-state index < -0.39 is 0 Å². The standard InChI is InChI=1S/C30H34N4/c1-3-5-7-9-25-27-15-11-21(31-27)19-23-13-17-29(33-23)26(10-8-6-4-2)30-18-14-24(34-30)20-22-12-16-28(25)32-22/h11-20,31-32H,3-10H2,1-2H3. The number of H-pyrrole nitrogens is 2. The zero-order valence-electron chi connectivity index (χ0n) is 20.3. The van der Waals surface area contributed by atoms with Crippen molar-refractivity contribution >= 4 is 46.4 Å². The number of hydrogen-bond acceptors (Lipinski definition) is 2. The summed E-state index contributed by atoms with van der Waals surface area (Å²) in [6, 6.07) is 13.0. The molecule has 3 aromatic rings. The van der Waals surface area contributed by atoms with E-state index in [0.29, 0.717) is 0 Å². The largest absolute Gasteiger partial charge is 0.355 e.